The summed E-state index contributed by atoms with van der Waals surface area (Å²) < 4.78 is 22.1. The normalized spacial score (nSPS) is 10.3. The molecule has 0 saturated carbocycles. The molecule has 0 fully saturated rings. The Hall–Kier alpha value is -1.91. The zero-order valence-electron chi connectivity index (χ0n) is 14.6. The van der Waals surface area contributed by atoms with Crippen molar-refractivity contribution in [3.05, 3.63) is 17.7 Å². The third-order valence-corrected chi connectivity index (χ3v) is 3.09. The fourth-order valence-corrected chi connectivity index (χ4v) is 1.97. The van der Waals surface area contributed by atoms with E-state index in [9.17, 15) is 4.79 Å². The number of hydrogen-bond donors (Lipinski definition) is 0. The predicted octanol–water partition coefficient (Wildman–Crippen LogP) is 3.77. The van der Waals surface area contributed by atoms with E-state index in [0.29, 0.717) is 42.6 Å². The van der Waals surface area contributed by atoms with E-state index in [1.165, 1.54) is 7.11 Å². The van der Waals surface area contributed by atoms with Gasteiger partial charge in [0.15, 0.2) is 0 Å². The molecule has 0 unspecified atom stereocenters. The van der Waals surface area contributed by atoms with Crippen LogP contribution in [0, 0.1) is 0 Å². The molecule has 23 heavy (non-hydrogen) atoms. The summed E-state index contributed by atoms with van der Waals surface area (Å²) >= 11 is 0. The molecular weight excluding hydrogens is 296 g/mol. The van der Waals surface area contributed by atoms with Gasteiger partial charge in [0.05, 0.1) is 33.4 Å². The van der Waals surface area contributed by atoms with Crippen LogP contribution in [0.5, 0.6) is 17.2 Å². The van der Waals surface area contributed by atoms with Crippen molar-refractivity contribution in [3.63, 3.8) is 0 Å². The zero-order valence-corrected chi connectivity index (χ0v) is 14.6. The van der Waals surface area contributed by atoms with Gasteiger partial charge >= 0.3 is 5.97 Å². The highest BCUT2D eigenvalue weighted by Crippen LogP contribution is 2.35. The van der Waals surface area contributed by atoms with E-state index in [1.807, 2.05) is 26.0 Å². The average molecular weight is 324 g/mol. The van der Waals surface area contributed by atoms with Crippen molar-refractivity contribution in [2.75, 3.05) is 26.9 Å². The Morgan fingerprint density at radius 3 is 1.78 bits per heavy atom. The SMILES string of the molecule is CCCOc1cc(OCCC)c(CC(=O)OC)c(OCCC)c1. The standard InChI is InChI=1S/C18H28O5/c1-5-8-21-14-11-16(22-9-6-2)15(13-18(19)20-4)17(12-14)23-10-7-3/h11-12H,5-10,13H2,1-4H3. The van der Waals surface area contributed by atoms with Gasteiger partial charge in [0.1, 0.15) is 17.2 Å². The van der Waals surface area contributed by atoms with E-state index in [0.717, 1.165) is 19.3 Å². The second kappa shape index (κ2) is 10.8. The molecular formula is C18H28O5. The van der Waals surface area contributed by atoms with Gasteiger partial charge in [-0.05, 0) is 19.3 Å². The lowest BCUT2D eigenvalue weighted by atomic mass is 10.1. The van der Waals surface area contributed by atoms with Crippen LogP contribution in [-0.4, -0.2) is 32.9 Å². The van der Waals surface area contributed by atoms with Crippen molar-refractivity contribution in [1.29, 1.82) is 0 Å². The predicted molar refractivity (Wildman–Crippen MR) is 89.5 cm³/mol. The maximum absolute atomic E-state index is 11.7. The Labute approximate surface area is 138 Å². The minimum atomic E-state index is -0.324. The first-order valence-electron chi connectivity index (χ1n) is 8.28. The van der Waals surface area contributed by atoms with Gasteiger partial charge in [-0.25, -0.2) is 0 Å². The van der Waals surface area contributed by atoms with Gasteiger partial charge in [0.25, 0.3) is 0 Å². The first kappa shape index (κ1) is 19.1. The second-order valence-electron chi connectivity index (χ2n) is 5.20. The number of ether oxygens (including phenoxy) is 4. The van der Waals surface area contributed by atoms with Gasteiger partial charge < -0.3 is 18.9 Å². The lowest BCUT2D eigenvalue weighted by Crippen LogP contribution is -2.10. The minimum Gasteiger partial charge on any atom is -0.493 e. The summed E-state index contributed by atoms with van der Waals surface area (Å²) in [5, 5.41) is 0. The van der Waals surface area contributed by atoms with Crippen molar-refractivity contribution in [2.45, 2.75) is 46.5 Å². The van der Waals surface area contributed by atoms with E-state index < -0.39 is 0 Å². The Balaban J connectivity index is 3.17. The number of hydrogen-bond acceptors (Lipinski definition) is 5. The van der Waals surface area contributed by atoms with Crippen molar-refractivity contribution >= 4 is 5.97 Å². The average Bonchev–Trinajstić information content (AvgIpc) is 2.57. The molecule has 1 aromatic rings. The Morgan fingerprint density at radius 1 is 0.870 bits per heavy atom. The molecule has 0 aliphatic rings. The van der Waals surface area contributed by atoms with Crippen LogP contribution in [0.1, 0.15) is 45.6 Å². The molecule has 0 heterocycles. The molecule has 0 amide bonds. The highest BCUT2D eigenvalue weighted by Gasteiger charge is 2.18. The molecule has 1 aromatic carbocycles. The van der Waals surface area contributed by atoms with Crippen LogP contribution in [0.2, 0.25) is 0 Å². The molecule has 5 nitrogen and oxygen atoms in total. The molecule has 0 atom stereocenters. The Bertz CT molecular complexity index is 455. The van der Waals surface area contributed by atoms with Crippen LogP contribution in [0.4, 0.5) is 0 Å². The maximum Gasteiger partial charge on any atom is 0.310 e. The van der Waals surface area contributed by atoms with E-state index in [1.54, 1.807) is 0 Å². The van der Waals surface area contributed by atoms with Gasteiger partial charge in [-0.2, -0.15) is 0 Å². The van der Waals surface area contributed by atoms with Crippen molar-refractivity contribution < 1.29 is 23.7 Å². The Kier molecular flexibility index (Phi) is 8.95. The lowest BCUT2D eigenvalue weighted by Gasteiger charge is -2.17. The van der Waals surface area contributed by atoms with Gasteiger partial charge in [-0.3, -0.25) is 4.79 Å². The van der Waals surface area contributed by atoms with Crippen LogP contribution in [0.25, 0.3) is 0 Å². The zero-order chi connectivity index (χ0) is 17.1. The fourth-order valence-electron chi connectivity index (χ4n) is 1.97. The molecule has 1 rings (SSSR count). The van der Waals surface area contributed by atoms with Gasteiger partial charge in [-0.1, -0.05) is 20.8 Å². The van der Waals surface area contributed by atoms with Gasteiger partial charge in [0, 0.05) is 17.7 Å². The summed E-state index contributed by atoms with van der Waals surface area (Å²) in [4.78, 5) is 11.7. The van der Waals surface area contributed by atoms with Crippen LogP contribution in [-0.2, 0) is 16.0 Å². The summed E-state index contributed by atoms with van der Waals surface area (Å²) in [6, 6.07) is 3.64. The second-order valence-corrected chi connectivity index (χ2v) is 5.20. The van der Waals surface area contributed by atoms with Crippen LogP contribution < -0.4 is 14.2 Å². The summed E-state index contributed by atoms with van der Waals surface area (Å²) in [7, 11) is 1.38. The number of rotatable bonds is 11. The van der Waals surface area contributed by atoms with E-state index >= 15 is 0 Å². The van der Waals surface area contributed by atoms with Gasteiger partial charge in [0.2, 0.25) is 0 Å². The lowest BCUT2D eigenvalue weighted by molar-refractivity contribution is -0.139. The van der Waals surface area contributed by atoms with Crippen LogP contribution >= 0.6 is 0 Å². The summed E-state index contributed by atoms with van der Waals surface area (Å²) in [6.45, 7) is 7.88. The molecule has 0 aliphatic carbocycles. The third kappa shape index (κ3) is 6.38. The first-order chi connectivity index (χ1) is 11.2. The van der Waals surface area contributed by atoms with E-state index in [4.69, 9.17) is 18.9 Å². The minimum absolute atomic E-state index is 0.114. The van der Waals surface area contributed by atoms with Crippen LogP contribution in [0.3, 0.4) is 0 Å². The molecule has 5 heteroatoms. The van der Waals surface area contributed by atoms with E-state index in [2.05, 4.69) is 6.92 Å². The molecule has 0 spiro atoms. The number of carbonyl (C=O) groups excluding carboxylic acids is 1. The smallest absolute Gasteiger partial charge is 0.310 e. The third-order valence-electron chi connectivity index (χ3n) is 3.09. The first-order valence-corrected chi connectivity index (χ1v) is 8.28. The summed E-state index contributed by atoms with van der Waals surface area (Å²) in [5.74, 6) is 1.61. The van der Waals surface area contributed by atoms with Crippen molar-refractivity contribution in [2.24, 2.45) is 0 Å². The maximum atomic E-state index is 11.7. The molecule has 0 aromatic heterocycles. The van der Waals surface area contributed by atoms with Gasteiger partial charge in [-0.15, -0.1) is 0 Å². The van der Waals surface area contributed by atoms with Crippen LogP contribution in [0.15, 0.2) is 12.1 Å². The topological polar surface area (TPSA) is 54.0 Å². The monoisotopic (exact) mass is 324 g/mol. The summed E-state index contributed by atoms with van der Waals surface area (Å²) in [5.41, 5.74) is 0.711. The fraction of sp³-hybridized carbons (Fsp3) is 0.611. The highest BCUT2D eigenvalue weighted by molar-refractivity contribution is 5.75. The van der Waals surface area contributed by atoms with Crippen molar-refractivity contribution in [1.82, 2.24) is 0 Å². The number of carbonyl (C=O) groups is 1. The molecule has 0 N–H and O–H groups in total. The molecule has 0 saturated heterocycles. The quantitative estimate of drug-likeness (QED) is 0.580. The molecule has 0 radical (unpaired) electrons. The number of methoxy groups -OCH3 is 1. The number of benzene rings is 1. The summed E-state index contributed by atoms with van der Waals surface area (Å²) in [6.07, 6.45) is 2.79. The molecule has 0 aliphatic heterocycles. The number of esters is 1. The molecule has 130 valence electrons. The van der Waals surface area contributed by atoms with Crippen molar-refractivity contribution in [3.8, 4) is 17.2 Å². The molecule has 0 bridgehead atoms. The Morgan fingerprint density at radius 2 is 1.35 bits per heavy atom. The largest absolute Gasteiger partial charge is 0.493 e. The highest BCUT2D eigenvalue weighted by atomic mass is 16.5. The van der Waals surface area contributed by atoms with E-state index in [-0.39, 0.29) is 12.4 Å².